The Hall–Kier alpha value is -1.78. The summed E-state index contributed by atoms with van der Waals surface area (Å²) >= 11 is 0. The summed E-state index contributed by atoms with van der Waals surface area (Å²) in [6, 6.07) is 2.67. The maximum absolute atomic E-state index is 10.4. The van der Waals surface area contributed by atoms with Gasteiger partial charge in [-0.25, -0.2) is 0 Å². The molecule has 1 aromatic carbocycles. The van der Waals surface area contributed by atoms with Crippen LogP contribution in [0.1, 0.15) is 11.1 Å². The maximum atomic E-state index is 10.4. The Kier molecular flexibility index (Phi) is 2.36. The van der Waals surface area contributed by atoms with E-state index in [0.29, 0.717) is 11.1 Å². The molecule has 1 rings (SSSR count). The molecule has 0 bridgehead atoms. The van der Waals surface area contributed by atoms with E-state index < -0.39 is 4.92 Å². The lowest BCUT2D eigenvalue weighted by Crippen LogP contribution is -1.90. The van der Waals surface area contributed by atoms with Crippen molar-refractivity contribution in [1.29, 1.82) is 0 Å². The lowest BCUT2D eigenvalue weighted by Gasteiger charge is -2.00. The van der Waals surface area contributed by atoms with Crippen molar-refractivity contribution in [1.82, 2.24) is 0 Å². The molecule has 68 valence electrons. The van der Waals surface area contributed by atoms with Gasteiger partial charge >= 0.3 is 0 Å². The fourth-order valence-electron chi connectivity index (χ4n) is 1.18. The maximum Gasteiger partial charge on any atom is 0.270 e. The van der Waals surface area contributed by atoms with Crippen LogP contribution in [0.15, 0.2) is 17.3 Å². The lowest BCUT2D eigenvalue weighted by atomic mass is 10.1. The van der Waals surface area contributed by atoms with E-state index >= 15 is 0 Å². The highest BCUT2D eigenvalue weighted by Gasteiger charge is 2.11. The molecule has 5 heteroatoms. The first kappa shape index (κ1) is 9.31. The number of benzene rings is 1. The molecule has 0 radical (unpaired) electrons. The summed E-state index contributed by atoms with van der Waals surface area (Å²) in [5, 5.41) is 13.2. The zero-order chi connectivity index (χ0) is 10.0. The zero-order valence-electron chi connectivity index (χ0n) is 7.27. The van der Waals surface area contributed by atoms with Crippen LogP contribution in [0.5, 0.6) is 0 Å². The topological polar surface area (TPSA) is 72.6 Å². The van der Waals surface area contributed by atoms with Crippen LogP contribution in [0.4, 0.5) is 11.4 Å². The van der Waals surface area contributed by atoms with E-state index in [1.165, 1.54) is 12.1 Å². The van der Waals surface area contributed by atoms with Crippen molar-refractivity contribution in [2.24, 2.45) is 5.18 Å². The number of aryl methyl sites for hydroxylation is 2. The van der Waals surface area contributed by atoms with Gasteiger partial charge < -0.3 is 0 Å². The quantitative estimate of drug-likeness (QED) is 0.399. The van der Waals surface area contributed by atoms with Gasteiger partial charge in [-0.2, -0.15) is 0 Å². The van der Waals surface area contributed by atoms with Crippen molar-refractivity contribution >= 4 is 11.4 Å². The summed E-state index contributed by atoms with van der Waals surface area (Å²) in [6.07, 6.45) is 0. The van der Waals surface area contributed by atoms with Gasteiger partial charge in [0.05, 0.1) is 4.92 Å². The Labute approximate surface area is 74.5 Å². The van der Waals surface area contributed by atoms with E-state index in [4.69, 9.17) is 0 Å². The first-order chi connectivity index (χ1) is 6.06. The highest BCUT2D eigenvalue weighted by molar-refractivity contribution is 5.57. The Morgan fingerprint density at radius 3 is 2.08 bits per heavy atom. The van der Waals surface area contributed by atoms with Gasteiger partial charge in [0, 0.05) is 12.1 Å². The molecule has 0 aliphatic carbocycles. The molecule has 0 unspecified atom stereocenters. The van der Waals surface area contributed by atoms with Gasteiger partial charge in [0.25, 0.3) is 5.69 Å². The summed E-state index contributed by atoms with van der Waals surface area (Å²) in [4.78, 5) is 20.2. The third kappa shape index (κ3) is 1.69. The second kappa shape index (κ2) is 3.30. The average Bonchev–Trinajstić information content (AvgIpc) is 2.03. The predicted octanol–water partition coefficient (Wildman–Crippen LogP) is 2.61. The van der Waals surface area contributed by atoms with Gasteiger partial charge in [-0.1, -0.05) is 0 Å². The molecule has 0 fully saturated rings. The van der Waals surface area contributed by atoms with Crippen molar-refractivity contribution in [2.75, 3.05) is 0 Å². The molecule has 1 aromatic rings. The normalized spacial score (nSPS) is 9.69. The van der Waals surface area contributed by atoms with Gasteiger partial charge in [0.1, 0.15) is 5.69 Å². The number of nitro benzene ring substituents is 1. The van der Waals surface area contributed by atoms with Crippen LogP contribution in [0.25, 0.3) is 0 Å². The van der Waals surface area contributed by atoms with Crippen LogP contribution in [0.2, 0.25) is 0 Å². The molecule has 0 aromatic heterocycles. The van der Waals surface area contributed by atoms with Crippen LogP contribution in [-0.4, -0.2) is 4.92 Å². The van der Waals surface area contributed by atoms with Gasteiger partial charge in [0.2, 0.25) is 0 Å². The number of hydrogen-bond acceptors (Lipinski definition) is 4. The van der Waals surface area contributed by atoms with Crippen molar-refractivity contribution in [3.05, 3.63) is 38.3 Å². The third-order valence-corrected chi connectivity index (χ3v) is 1.78. The second-order valence-corrected chi connectivity index (χ2v) is 2.78. The molecule has 0 saturated heterocycles. The molecule has 13 heavy (non-hydrogen) atoms. The number of nitrogens with zero attached hydrogens (tertiary/aromatic N) is 2. The summed E-state index contributed by atoms with van der Waals surface area (Å²) in [6.45, 7) is 3.24. The Balaban J connectivity index is 3.36. The average molecular weight is 180 g/mol. The van der Waals surface area contributed by atoms with E-state index in [1.807, 2.05) is 0 Å². The van der Waals surface area contributed by atoms with Crippen LogP contribution in [-0.2, 0) is 0 Å². The monoisotopic (exact) mass is 180 g/mol. The SMILES string of the molecule is Cc1cc([N+](=O)[O-])cc(C)c1N=O. The fraction of sp³-hybridized carbons (Fsp3) is 0.250. The van der Waals surface area contributed by atoms with Crippen LogP contribution < -0.4 is 0 Å². The number of non-ortho nitro benzene ring substituents is 1. The van der Waals surface area contributed by atoms with Gasteiger partial charge in [-0.15, -0.1) is 4.91 Å². The van der Waals surface area contributed by atoms with Gasteiger partial charge in [0.15, 0.2) is 0 Å². The van der Waals surface area contributed by atoms with Gasteiger partial charge in [-0.05, 0) is 30.2 Å². The molecule has 0 N–H and O–H groups in total. The van der Waals surface area contributed by atoms with E-state index in [0.717, 1.165) is 0 Å². The van der Waals surface area contributed by atoms with Crippen molar-refractivity contribution in [2.45, 2.75) is 13.8 Å². The molecule has 0 saturated carbocycles. The van der Waals surface area contributed by atoms with E-state index in [2.05, 4.69) is 5.18 Å². The Bertz CT molecular complexity index is 351. The summed E-state index contributed by atoms with van der Waals surface area (Å²) in [5.74, 6) is 0. The third-order valence-electron chi connectivity index (χ3n) is 1.78. The molecule has 0 amide bonds. The van der Waals surface area contributed by atoms with E-state index in [1.54, 1.807) is 13.8 Å². The van der Waals surface area contributed by atoms with Crippen LogP contribution in [0.3, 0.4) is 0 Å². The highest BCUT2D eigenvalue weighted by atomic mass is 16.6. The van der Waals surface area contributed by atoms with Crippen molar-refractivity contribution < 1.29 is 4.92 Å². The highest BCUT2D eigenvalue weighted by Crippen LogP contribution is 2.27. The van der Waals surface area contributed by atoms with Gasteiger partial charge in [-0.3, -0.25) is 10.1 Å². The minimum atomic E-state index is -0.491. The predicted molar refractivity (Wildman–Crippen MR) is 48.0 cm³/mol. The molecule has 5 nitrogen and oxygen atoms in total. The van der Waals surface area contributed by atoms with E-state index in [-0.39, 0.29) is 11.4 Å². The smallest absolute Gasteiger partial charge is 0.258 e. The Morgan fingerprint density at radius 2 is 1.77 bits per heavy atom. The largest absolute Gasteiger partial charge is 0.270 e. The molecule has 0 aliphatic heterocycles. The number of rotatable bonds is 2. The second-order valence-electron chi connectivity index (χ2n) is 2.78. The number of nitroso groups, excluding NO2 is 1. The summed E-state index contributed by atoms with van der Waals surface area (Å²) in [7, 11) is 0. The van der Waals surface area contributed by atoms with Crippen molar-refractivity contribution in [3.8, 4) is 0 Å². The lowest BCUT2D eigenvalue weighted by molar-refractivity contribution is -0.384. The van der Waals surface area contributed by atoms with Crippen LogP contribution in [0, 0.1) is 28.9 Å². The molecular weight excluding hydrogens is 172 g/mol. The first-order valence-electron chi connectivity index (χ1n) is 3.65. The standard InChI is InChI=1S/C8H8N2O3/c1-5-3-7(10(12)13)4-6(2)8(5)9-11/h3-4H,1-2H3. The minimum Gasteiger partial charge on any atom is -0.258 e. The zero-order valence-corrected chi connectivity index (χ0v) is 7.27. The molecule has 0 spiro atoms. The molecule has 0 atom stereocenters. The van der Waals surface area contributed by atoms with Crippen molar-refractivity contribution in [3.63, 3.8) is 0 Å². The summed E-state index contributed by atoms with van der Waals surface area (Å²) < 4.78 is 0. The first-order valence-corrected chi connectivity index (χ1v) is 3.65. The summed E-state index contributed by atoms with van der Waals surface area (Å²) in [5.41, 5.74) is 1.33. The molecular formula is C8H8N2O3. The Morgan fingerprint density at radius 1 is 1.31 bits per heavy atom. The number of nitro groups is 1. The van der Waals surface area contributed by atoms with Crippen LogP contribution >= 0.6 is 0 Å². The van der Waals surface area contributed by atoms with E-state index in [9.17, 15) is 15.0 Å². The minimum absolute atomic E-state index is 0.0117. The fourth-order valence-corrected chi connectivity index (χ4v) is 1.18. The molecule has 0 heterocycles. The number of hydrogen-bond donors (Lipinski definition) is 0. The molecule has 0 aliphatic rings.